The summed E-state index contributed by atoms with van der Waals surface area (Å²) in [7, 11) is -4.41. The smallest absolute Gasteiger partial charge is 0.350 e. The number of hydrogen-bond acceptors (Lipinski definition) is 15. The number of anilines is 2. The van der Waals surface area contributed by atoms with Gasteiger partial charge in [0.15, 0.2) is 6.23 Å². The average Bonchev–Trinajstić information content (AvgIpc) is 3.31. The molecule has 6 N–H and O–H groups in total. The molecule has 49 heavy (non-hydrogen) atoms. The normalized spacial score (nSPS) is 23.8. The Morgan fingerprint density at radius 1 is 1.00 bits per heavy atom. The molecule has 1 aliphatic carbocycles. The van der Waals surface area contributed by atoms with Gasteiger partial charge in [-0.2, -0.15) is 9.97 Å². The highest BCUT2D eigenvalue weighted by Gasteiger charge is 2.47. The van der Waals surface area contributed by atoms with E-state index in [1.165, 1.54) is 0 Å². The van der Waals surface area contributed by atoms with Gasteiger partial charge in [0.05, 0.1) is 71.1 Å². The van der Waals surface area contributed by atoms with E-state index >= 15 is 0 Å². The minimum absolute atomic E-state index is 0.0723. The Morgan fingerprint density at radius 2 is 1.61 bits per heavy atom. The van der Waals surface area contributed by atoms with Gasteiger partial charge in [0.25, 0.3) is 0 Å². The van der Waals surface area contributed by atoms with Crippen molar-refractivity contribution in [3.8, 4) is 12.3 Å². The van der Waals surface area contributed by atoms with Crippen molar-refractivity contribution in [2.75, 3.05) is 95.7 Å². The van der Waals surface area contributed by atoms with Crippen molar-refractivity contribution < 1.29 is 57.7 Å². The highest BCUT2D eigenvalue weighted by atomic mass is 35.5. The first-order valence-corrected chi connectivity index (χ1v) is 18.3. The Hall–Kier alpha value is -2.01. The summed E-state index contributed by atoms with van der Waals surface area (Å²) in [5.74, 6) is 3.00. The molecule has 4 atom stereocenters. The van der Waals surface area contributed by atoms with Gasteiger partial charge in [-0.15, -0.1) is 6.42 Å². The number of nitrogens with one attached hydrogen (secondary N) is 2. The van der Waals surface area contributed by atoms with Crippen LogP contribution in [0.3, 0.4) is 0 Å². The summed E-state index contributed by atoms with van der Waals surface area (Å²) < 4.78 is 49.3. The fourth-order valence-electron chi connectivity index (χ4n) is 6.01. The van der Waals surface area contributed by atoms with Crippen LogP contribution >= 0.6 is 19.2 Å². The molecule has 0 amide bonds. The minimum atomic E-state index is -4.41. The lowest BCUT2D eigenvalue weighted by Gasteiger charge is -2.54. The molecule has 2 saturated heterocycles. The molecule has 1 saturated carbocycles. The average molecular weight is 736 g/mol. The molecular formula is C30H47ClN5O12P. The number of nitrogens with zero attached hydrogens (tertiary/aromatic N) is 3. The van der Waals surface area contributed by atoms with Gasteiger partial charge in [-0.25, -0.2) is 0 Å². The SMILES string of the molecule is C#CCOCCOCCOCCOCCOC1CCC2(CC1)CN(c1nc(Cl)nc(N[C@@H]3O[C@H](COCP(=O)(O)O)[C@@H](O)[C@H]3O)c1C=N)C2. The lowest BCUT2D eigenvalue weighted by molar-refractivity contribution is -0.0441. The topological polar surface area (TPSA) is 227 Å². The first-order valence-electron chi connectivity index (χ1n) is 16.1. The summed E-state index contributed by atoms with van der Waals surface area (Å²) in [5.41, 5.74) is 0.439. The van der Waals surface area contributed by atoms with E-state index in [1.54, 1.807) is 0 Å². The minimum Gasteiger partial charge on any atom is -0.387 e. The zero-order valence-electron chi connectivity index (χ0n) is 27.3. The fraction of sp³-hybridized carbons (Fsp3) is 0.767. The number of aliphatic hydroxyl groups is 2. The molecule has 0 aromatic carbocycles. The van der Waals surface area contributed by atoms with Crippen molar-refractivity contribution >= 4 is 37.0 Å². The molecule has 0 bridgehead atoms. The second kappa shape index (κ2) is 19.6. The third-order valence-electron chi connectivity index (χ3n) is 8.45. The van der Waals surface area contributed by atoms with Crippen LogP contribution < -0.4 is 10.2 Å². The Kier molecular flexibility index (Phi) is 15.9. The van der Waals surface area contributed by atoms with Crippen LogP contribution in [0.4, 0.5) is 11.6 Å². The van der Waals surface area contributed by atoms with Gasteiger partial charge in [-0.1, -0.05) is 5.92 Å². The van der Waals surface area contributed by atoms with E-state index in [0.29, 0.717) is 64.2 Å². The number of terminal acetylenes is 1. The zero-order valence-corrected chi connectivity index (χ0v) is 28.9. The molecule has 3 fully saturated rings. The quantitative estimate of drug-likeness (QED) is 0.0315. The summed E-state index contributed by atoms with van der Waals surface area (Å²) in [6, 6.07) is 0. The predicted molar refractivity (Wildman–Crippen MR) is 177 cm³/mol. The molecular weight excluding hydrogens is 689 g/mol. The highest BCUT2D eigenvalue weighted by molar-refractivity contribution is 7.51. The monoisotopic (exact) mass is 735 g/mol. The van der Waals surface area contributed by atoms with Crippen LogP contribution in [0.25, 0.3) is 0 Å². The van der Waals surface area contributed by atoms with Gasteiger partial charge >= 0.3 is 7.60 Å². The second-order valence-corrected chi connectivity index (χ2v) is 14.1. The van der Waals surface area contributed by atoms with Gasteiger partial charge in [-0.05, 0) is 37.3 Å². The highest BCUT2D eigenvalue weighted by Crippen LogP contribution is 2.47. The molecule has 2 aliphatic heterocycles. The van der Waals surface area contributed by atoms with Crippen LogP contribution in [0.2, 0.25) is 5.28 Å². The van der Waals surface area contributed by atoms with Gasteiger partial charge in [0.2, 0.25) is 5.28 Å². The molecule has 17 nitrogen and oxygen atoms in total. The molecule has 0 radical (unpaired) electrons. The van der Waals surface area contributed by atoms with Crippen molar-refractivity contribution in [3.05, 3.63) is 10.8 Å². The molecule has 1 aromatic heterocycles. The Bertz CT molecular complexity index is 1270. The van der Waals surface area contributed by atoms with Gasteiger partial charge < -0.3 is 68.8 Å². The van der Waals surface area contributed by atoms with Crippen LogP contribution in [-0.2, 0) is 37.7 Å². The summed E-state index contributed by atoms with van der Waals surface area (Å²) >= 11 is 6.27. The number of aromatic nitrogens is 2. The number of hydrogen-bond donors (Lipinski definition) is 6. The third-order valence-corrected chi connectivity index (χ3v) is 9.14. The number of halogens is 1. The maximum atomic E-state index is 11.0. The second-order valence-electron chi connectivity index (χ2n) is 12.1. The van der Waals surface area contributed by atoms with E-state index in [1.807, 2.05) is 4.90 Å². The van der Waals surface area contributed by atoms with Gasteiger partial charge in [-0.3, -0.25) is 4.57 Å². The van der Waals surface area contributed by atoms with Crippen LogP contribution in [0.5, 0.6) is 0 Å². The molecule has 3 heterocycles. The van der Waals surface area contributed by atoms with E-state index in [-0.39, 0.29) is 35.8 Å². The summed E-state index contributed by atoms with van der Waals surface area (Å²) in [6.07, 6.45) is 4.29. The van der Waals surface area contributed by atoms with Gasteiger partial charge in [0.1, 0.15) is 42.9 Å². The van der Waals surface area contributed by atoms with Crippen LogP contribution in [0.15, 0.2) is 0 Å². The molecule has 0 unspecified atom stereocenters. The van der Waals surface area contributed by atoms with Crippen molar-refractivity contribution in [1.29, 1.82) is 5.41 Å². The van der Waals surface area contributed by atoms with Gasteiger partial charge in [0, 0.05) is 24.7 Å². The first kappa shape index (κ1) is 39.8. The van der Waals surface area contributed by atoms with Crippen molar-refractivity contribution in [2.24, 2.45) is 5.41 Å². The zero-order chi connectivity index (χ0) is 35.3. The Labute approximate surface area is 290 Å². The first-order chi connectivity index (χ1) is 23.5. The Morgan fingerprint density at radius 3 is 2.20 bits per heavy atom. The third kappa shape index (κ3) is 12.3. The van der Waals surface area contributed by atoms with Crippen molar-refractivity contribution in [1.82, 2.24) is 9.97 Å². The number of rotatable bonds is 22. The standard InChI is InChI=1S/C30H47ClN5O12P/c1-2-7-42-8-9-43-10-11-44-12-13-45-14-15-47-21-3-5-30(6-4-21)18-36(19-30)27-22(16-32)26(34-29(31)35-27)33-28-25(38)24(37)23(48-28)17-46-20-49(39,40)41/h1,16,21,23-25,28,32,37-38H,3-15,17-20H2,(H,33,34,35)(H2,39,40,41)/t23-,24-,25-,28-/m1/s1. The van der Waals surface area contributed by atoms with Crippen LogP contribution in [0, 0.1) is 23.2 Å². The summed E-state index contributed by atoms with van der Waals surface area (Å²) in [6.45, 7) is 5.24. The van der Waals surface area contributed by atoms with Crippen molar-refractivity contribution in [3.63, 3.8) is 0 Å². The number of ether oxygens (including phenoxy) is 7. The maximum absolute atomic E-state index is 11.0. The Balaban J connectivity index is 1.14. The maximum Gasteiger partial charge on any atom is 0.350 e. The number of aliphatic hydroxyl groups excluding tert-OH is 2. The van der Waals surface area contributed by atoms with Crippen LogP contribution in [-0.4, -0.2) is 152 Å². The molecule has 3 aliphatic rings. The lowest BCUT2D eigenvalue weighted by Crippen LogP contribution is -2.58. The largest absolute Gasteiger partial charge is 0.387 e. The van der Waals surface area contributed by atoms with E-state index in [4.69, 9.17) is 66.4 Å². The molecule has 4 rings (SSSR count). The fourth-order valence-corrected chi connectivity index (χ4v) is 6.52. The molecule has 1 aromatic rings. The summed E-state index contributed by atoms with van der Waals surface area (Å²) in [4.78, 5) is 28.6. The van der Waals surface area contributed by atoms with Crippen molar-refractivity contribution in [2.45, 2.75) is 56.3 Å². The van der Waals surface area contributed by atoms with E-state index in [2.05, 4.69) is 21.2 Å². The molecule has 1 spiro atoms. The molecule has 19 heteroatoms. The van der Waals surface area contributed by atoms with Crippen LogP contribution in [0.1, 0.15) is 31.2 Å². The molecule has 276 valence electrons. The predicted octanol–water partition coefficient (Wildman–Crippen LogP) is 0.603. The lowest BCUT2D eigenvalue weighted by atomic mass is 9.68. The van der Waals surface area contributed by atoms with E-state index in [9.17, 15) is 14.8 Å². The van der Waals surface area contributed by atoms with E-state index < -0.39 is 38.5 Å². The summed E-state index contributed by atoms with van der Waals surface area (Å²) in [5, 5.41) is 31.8. The van der Waals surface area contributed by atoms with E-state index in [0.717, 1.165) is 45.0 Å².